The van der Waals surface area contributed by atoms with E-state index in [-0.39, 0.29) is 5.91 Å². The largest absolute Gasteiger partial charge is 0.325 e. The zero-order chi connectivity index (χ0) is 14.4. The fraction of sp³-hybridized carbons (Fsp3) is 0.357. The molecule has 0 aliphatic rings. The molecule has 0 saturated heterocycles. The Labute approximate surface area is 127 Å². The molecule has 0 saturated carbocycles. The van der Waals surface area contributed by atoms with Gasteiger partial charge in [0.15, 0.2) is 0 Å². The summed E-state index contributed by atoms with van der Waals surface area (Å²) in [6.07, 6.45) is 2.36. The van der Waals surface area contributed by atoms with E-state index in [9.17, 15) is 4.79 Å². The van der Waals surface area contributed by atoms with Crippen LogP contribution in [0.25, 0.3) is 0 Å². The summed E-state index contributed by atoms with van der Waals surface area (Å²) < 4.78 is 0. The van der Waals surface area contributed by atoms with Crippen LogP contribution in [0.4, 0.5) is 5.69 Å². The Balaban J connectivity index is 1.90. The number of nitrogens with zero attached hydrogens (tertiary/aromatic N) is 2. The van der Waals surface area contributed by atoms with Crippen molar-refractivity contribution in [3.63, 3.8) is 0 Å². The van der Waals surface area contributed by atoms with Crippen molar-refractivity contribution < 1.29 is 4.79 Å². The van der Waals surface area contributed by atoms with Crippen LogP contribution in [0.15, 0.2) is 30.3 Å². The minimum Gasteiger partial charge on any atom is -0.325 e. The number of nitrogens with one attached hydrogen (secondary N) is 1. The maximum Gasteiger partial charge on any atom is 0.242 e. The van der Waals surface area contributed by atoms with Crippen molar-refractivity contribution in [2.24, 2.45) is 0 Å². The Morgan fingerprint density at radius 2 is 2.00 bits per heavy atom. The molecule has 106 valence electrons. The molecular weight excluding hydrogens is 294 g/mol. The maximum atomic E-state index is 12.0. The van der Waals surface area contributed by atoms with Gasteiger partial charge in [-0.25, -0.2) is 0 Å². The molecule has 0 bridgehead atoms. The smallest absolute Gasteiger partial charge is 0.242 e. The second-order valence-electron chi connectivity index (χ2n) is 4.37. The molecule has 1 heterocycles. The number of rotatable bonds is 6. The molecule has 4 nitrogen and oxygen atoms in total. The molecule has 2 aromatic rings. The van der Waals surface area contributed by atoms with Gasteiger partial charge in [0.1, 0.15) is 15.4 Å². The minimum atomic E-state index is -0.641. The fourth-order valence-corrected chi connectivity index (χ4v) is 2.96. The van der Waals surface area contributed by atoms with Crippen molar-refractivity contribution in [1.82, 2.24) is 10.2 Å². The summed E-state index contributed by atoms with van der Waals surface area (Å²) in [5.41, 5.74) is 0.743. The Morgan fingerprint density at radius 1 is 1.30 bits per heavy atom. The molecule has 6 heteroatoms. The molecule has 1 amide bonds. The summed E-state index contributed by atoms with van der Waals surface area (Å²) >= 11 is 7.65. The molecule has 1 aromatic carbocycles. The van der Waals surface area contributed by atoms with Crippen LogP contribution in [0.1, 0.15) is 23.4 Å². The first-order valence-electron chi connectivity index (χ1n) is 6.50. The van der Waals surface area contributed by atoms with Gasteiger partial charge in [0.2, 0.25) is 5.91 Å². The molecule has 1 aromatic heterocycles. The molecule has 20 heavy (non-hydrogen) atoms. The van der Waals surface area contributed by atoms with Gasteiger partial charge in [-0.05, 0) is 18.6 Å². The third-order valence-electron chi connectivity index (χ3n) is 2.65. The number of hydrogen-bond acceptors (Lipinski definition) is 4. The number of anilines is 1. The lowest BCUT2D eigenvalue weighted by Gasteiger charge is -2.08. The van der Waals surface area contributed by atoms with Gasteiger partial charge >= 0.3 is 0 Å². The van der Waals surface area contributed by atoms with Crippen LogP contribution in [0.5, 0.6) is 0 Å². The van der Waals surface area contributed by atoms with E-state index in [1.54, 1.807) is 0 Å². The monoisotopic (exact) mass is 309 g/mol. The van der Waals surface area contributed by atoms with Gasteiger partial charge in [0, 0.05) is 18.5 Å². The summed E-state index contributed by atoms with van der Waals surface area (Å²) in [5.74, 6) is -0.217. The van der Waals surface area contributed by atoms with Crippen molar-refractivity contribution >= 4 is 34.5 Å². The Kier molecular flexibility index (Phi) is 5.49. The van der Waals surface area contributed by atoms with Crippen molar-refractivity contribution in [2.75, 3.05) is 5.32 Å². The van der Waals surface area contributed by atoms with Crippen LogP contribution >= 0.6 is 22.9 Å². The molecule has 1 unspecified atom stereocenters. The van der Waals surface area contributed by atoms with Gasteiger partial charge in [0.25, 0.3) is 0 Å². The minimum absolute atomic E-state index is 0.217. The lowest BCUT2D eigenvalue weighted by molar-refractivity contribution is -0.115. The second kappa shape index (κ2) is 7.36. The van der Waals surface area contributed by atoms with Crippen LogP contribution in [0.2, 0.25) is 0 Å². The lowest BCUT2D eigenvalue weighted by atomic mass is 10.2. The number of amides is 1. The Hall–Kier alpha value is -1.46. The number of hydrogen-bond donors (Lipinski definition) is 1. The molecule has 2 rings (SSSR count). The van der Waals surface area contributed by atoms with Crippen molar-refractivity contribution in [3.8, 4) is 0 Å². The summed E-state index contributed by atoms with van der Waals surface area (Å²) in [5, 5.41) is 12.1. The molecular formula is C14H16ClN3OS. The van der Waals surface area contributed by atoms with Gasteiger partial charge in [-0.2, -0.15) is 0 Å². The van der Waals surface area contributed by atoms with Crippen molar-refractivity contribution in [2.45, 2.75) is 31.6 Å². The molecule has 1 atom stereocenters. The molecule has 0 fully saturated rings. The van der Waals surface area contributed by atoms with E-state index in [1.807, 2.05) is 30.3 Å². The van der Waals surface area contributed by atoms with Gasteiger partial charge in [0.05, 0.1) is 0 Å². The van der Waals surface area contributed by atoms with Crippen LogP contribution in [-0.4, -0.2) is 21.5 Å². The lowest BCUT2D eigenvalue weighted by Crippen LogP contribution is -2.25. The van der Waals surface area contributed by atoms with Gasteiger partial charge in [-0.3, -0.25) is 4.79 Å². The second-order valence-corrected chi connectivity index (χ2v) is 6.04. The number of carbonyl (C=O) groups is 1. The normalized spacial score (nSPS) is 12.1. The Morgan fingerprint density at radius 3 is 2.70 bits per heavy atom. The quantitative estimate of drug-likeness (QED) is 0.833. The number of aromatic nitrogens is 2. The predicted molar refractivity (Wildman–Crippen MR) is 82.3 cm³/mol. The third kappa shape index (κ3) is 4.28. The van der Waals surface area contributed by atoms with Gasteiger partial charge < -0.3 is 5.32 Å². The van der Waals surface area contributed by atoms with Crippen molar-refractivity contribution in [3.05, 3.63) is 40.3 Å². The van der Waals surface area contributed by atoms with Crippen LogP contribution < -0.4 is 5.32 Å². The molecule has 0 aliphatic carbocycles. The van der Waals surface area contributed by atoms with E-state index in [0.29, 0.717) is 6.42 Å². The fourth-order valence-electron chi connectivity index (χ4n) is 1.67. The number of alkyl halides is 1. The highest BCUT2D eigenvalue weighted by Crippen LogP contribution is 2.16. The third-order valence-corrected chi connectivity index (χ3v) is 4.01. The highest BCUT2D eigenvalue weighted by Gasteiger charge is 2.18. The number of para-hydroxylation sites is 1. The van der Waals surface area contributed by atoms with E-state index in [2.05, 4.69) is 22.4 Å². The number of halogens is 1. The van der Waals surface area contributed by atoms with E-state index in [1.165, 1.54) is 11.3 Å². The summed E-state index contributed by atoms with van der Waals surface area (Å²) in [4.78, 5) is 12.0. The number of benzene rings is 1. The molecule has 0 radical (unpaired) electrons. The van der Waals surface area contributed by atoms with E-state index < -0.39 is 5.38 Å². The summed E-state index contributed by atoms with van der Waals surface area (Å²) in [6.45, 7) is 2.10. The van der Waals surface area contributed by atoms with Crippen molar-refractivity contribution in [1.29, 1.82) is 0 Å². The molecule has 0 spiro atoms. The highest BCUT2D eigenvalue weighted by molar-refractivity contribution is 7.11. The zero-order valence-corrected chi connectivity index (χ0v) is 12.7. The zero-order valence-electron chi connectivity index (χ0n) is 11.2. The number of carbonyl (C=O) groups excluding carboxylic acids is 1. The topological polar surface area (TPSA) is 54.9 Å². The maximum absolute atomic E-state index is 12.0. The SMILES string of the molecule is CCCc1nnc(CC(Cl)C(=O)Nc2ccccc2)s1. The highest BCUT2D eigenvalue weighted by atomic mass is 35.5. The first-order valence-corrected chi connectivity index (χ1v) is 7.75. The van der Waals surface area contributed by atoms with E-state index >= 15 is 0 Å². The van der Waals surface area contributed by atoms with Crippen LogP contribution in [-0.2, 0) is 17.6 Å². The average Bonchev–Trinajstić information content (AvgIpc) is 2.87. The van der Waals surface area contributed by atoms with E-state index in [4.69, 9.17) is 11.6 Å². The summed E-state index contributed by atoms with van der Waals surface area (Å²) in [7, 11) is 0. The van der Waals surface area contributed by atoms with Gasteiger partial charge in [-0.1, -0.05) is 25.1 Å². The Bertz CT molecular complexity index is 559. The molecule has 1 N–H and O–H groups in total. The van der Waals surface area contributed by atoms with Gasteiger partial charge in [-0.15, -0.1) is 33.1 Å². The first kappa shape index (κ1) is 14.9. The first-order chi connectivity index (χ1) is 9.69. The van der Waals surface area contributed by atoms with Crippen LogP contribution in [0, 0.1) is 0 Å². The van der Waals surface area contributed by atoms with Crippen LogP contribution in [0.3, 0.4) is 0 Å². The van der Waals surface area contributed by atoms with E-state index in [0.717, 1.165) is 28.5 Å². The molecule has 0 aliphatic heterocycles. The standard InChI is InChI=1S/C14H16ClN3OS/c1-2-6-12-17-18-13(20-12)9-11(15)14(19)16-10-7-4-3-5-8-10/h3-5,7-8,11H,2,6,9H2,1H3,(H,16,19). The number of aryl methyl sites for hydroxylation is 1. The average molecular weight is 310 g/mol. The predicted octanol–water partition coefficient (Wildman–Crippen LogP) is 3.28. The summed E-state index contributed by atoms with van der Waals surface area (Å²) in [6, 6.07) is 9.27.